The SMILES string of the molecule is O=C(CCNS(=O)(=O)c1ccc(F)c(F)c1)Nc1ccc(F)c([N+](=O)[O-])c1. The number of nitro benzene ring substituents is 1. The van der Waals surface area contributed by atoms with E-state index in [0.717, 1.165) is 24.3 Å². The van der Waals surface area contributed by atoms with Crippen LogP contribution in [-0.2, 0) is 14.8 Å². The molecule has 0 aliphatic heterocycles. The summed E-state index contributed by atoms with van der Waals surface area (Å²) in [5.74, 6) is -4.32. The lowest BCUT2D eigenvalue weighted by molar-refractivity contribution is -0.387. The second-order valence-electron chi connectivity index (χ2n) is 5.20. The van der Waals surface area contributed by atoms with E-state index < -0.39 is 48.9 Å². The van der Waals surface area contributed by atoms with E-state index >= 15 is 0 Å². The van der Waals surface area contributed by atoms with E-state index in [9.17, 15) is 36.5 Å². The zero-order valence-corrected chi connectivity index (χ0v) is 14.2. The first-order valence-electron chi connectivity index (χ1n) is 7.28. The molecule has 0 atom stereocenters. The molecule has 0 aliphatic carbocycles. The van der Waals surface area contributed by atoms with Gasteiger partial charge in [0.1, 0.15) is 0 Å². The Morgan fingerprint density at radius 3 is 2.33 bits per heavy atom. The lowest BCUT2D eigenvalue weighted by atomic mass is 10.2. The molecule has 0 unspecified atom stereocenters. The number of rotatable bonds is 7. The highest BCUT2D eigenvalue weighted by Gasteiger charge is 2.18. The van der Waals surface area contributed by atoms with Gasteiger partial charge in [0, 0.05) is 24.7 Å². The molecule has 0 saturated heterocycles. The van der Waals surface area contributed by atoms with Crippen LogP contribution in [0.25, 0.3) is 0 Å². The number of carbonyl (C=O) groups excluding carboxylic acids is 1. The lowest BCUT2D eigenvalue weighted by Crippen LogP contribution is -2.28. The quantitative estimate of drug-likeness (QED) is 0.543. The molecule has 144 valence electrons. The molecule has 0 aliphatic rings. The van der Waals surface area contributed by atoms with Gasteiger partial charge in [0.15, 0.2) is 11.6 Å². The van der Waals surface area contributed by atoms with Gasteiger partial charge in [-0.25, -0.2) is 21.9 Å². The maximum absolute atomic E-state index is 13.2. The summed E-state index contributed by atoms with van der Waals surface area (Å²) in [4.78, 5) is 21.0. The molecule has 0 radical (unpaired) electrons. The number of hydrogen-bond donors (Lipinski definition) is 2. The summed E-state index contributed by atoms with van der Waals surface area (Å²) in [6, 6.07) is 4.73. The fourth-order valence-corrected chi connectivity index (χ4v) is 3.02. The molecule has 12 heteroatoms. The summed E-state index contributed by atoms with van der Waals surface area (Å²) >= 11 is 0. The molecular formula is C15H12F3N3O5S. The van der Waals surface area contributed by atoms with Crippen molar-refractivity contribution in [3.63, 3.8) is 0 Å². The van der Waals surface area contributed by atoms with Crippen LogP contribution in [0.2, 0.25) is 0 Å². The summed E-state index contributed by atoms with van der Waals surface area (Å²) < 4.78 is 65.1. The Bertz CT molecular complexity index is 998. The molecule has 2 aromatic rings. The number of anilines is 1. The highest BCUT2D eigenvalue weighted by Crippen LogP contribution is 2.21. The number of nitrogens with zero attached hydrogens (tertiary/aromatic N) is 1. The van der Waals surface area contributed by atoms with Crippen LogP contribution in [0.15, 0.2) is 41.3 Å². The molecular weight excluding hydrogens is 391 g/mol. The predicted molar refractivity (Wildman–Crippen MR) is 87.8 cm³/mol. The average molecular weight is 403 g/mol. The van der Waals surface area contributed by atoms with Gasteiger partial charge in [-0.05, 0) is 30.3 Å². The third-order valence-electron chi connectivity index (χ3n) is 3.27. The molecule has 0 saturated carbocycles. The van der Waals surface area contributed by atoms with E-state index in [0.29, 0.717) is 12.1 Å². The van der Waals surface area contributed by atoms with E-state index in [1.54, 1.807) is 0 Å². The predicted octanol–water partition coefficient (Wildman–Crippen LogP) is 2.32. The molecule has 0 heterocycles. The number of nitrogens with one attached hydrogen (secondary N) is 2. The van der Waals surface area contributed by atoms with Crippen molar-refractivity contribution in [2.45, 2.75) is 11.3 Å². The first-order chi connectivity index (χ1) is 12.6. The minimum atomic E-state index is -4.17. The van der Waals surface area contributed by atoms with Crippen LogP contribution in [0, 0.1) is 27.6 Å². The van der Waals surface area contributed by atoms with Gasteiger partial charge in [0.25, 0.3) is 0 Å². The van der Waals surface area contributed by atoms with Crippen LogP contribution in [0.3, 0.4) is 0 Å². The van der Waals surface area contributed by atoms with Crippen LogP contribution >= 0.6 is 0 Å². The maximum atomic E-state index is 13.2. The second kappa shape index (κ2) is 8.14. The van der Waals surface area contributed by atoms with Gasteiger partial charge >= 0.3 is 5.69 Å². The molecule has 2 N–H and O–H groups in total. The van der Waals surface area contributed by atoms with Crippen molar-refractivity contribution >= 4 is 27.3 Å². The van der Waals surface area contributed by atoms with Crippen LogP contribution in [0.4, 0.5) is 24.5 Å². The largest absolute Gasteiger partial charge is 0.326 e. The Morgan fingerprint density at radius 1 is 1.04 bits per heavy atom. The number of halogens is 3. The number of benzene rings is 2. The van der Waals surface area contributed by atoms with Crippen LogP contribution in [0.1, 0.15) is 6.42 Å². The van der Waals surface area contributed by atoms with Gasteiger partial charge in [-0.1, -0.05) is 0 Å². The van der Waals surface area contributed by atoms with Gasteiger partial charge in [-0.15, -0.1) is 0 Å². The van der Waals surface area contributed by atoms with E-state index in [4.69, 9.17) is 0 Å². The fourth-order valence-electron chi connectivity index (χ4n) is 1.98. The number of sulfonamides is 1. The number of carbonyl (C=O) groups is 1. The van der Waals surface area contributed by atoms with Gasteiger partial charge < -0.3 is 5.32 Å². The molecule has 0 fully saturated rings. The third-order valence-corrected chi connectivity index (χ3v) is 4.73. The molecule has 2 rings (SSSR count). The van der Waals surface area contributed by atoms with E-state index in [-0.39, 0.29) is 18.7 Å². The van der Waals surface area contributed by atoms with Crippen molar-refractivity contribution in [2.24, 2.45) is 0 Å². The Balaban J connectivity index is 1.95. The Kier molecular flexibility index (Phi) is 6.13. The fraction of sp³-hybridized carbons (Fsp3) is 0.133. The molecule has 1 amide bonds. The normalized spacial score (nSPS) is 11.2. The van der Waals surface area contributed by atoms with E-state index in [2.05, 4.69) is 5.32 Å². The van der Waals surface area contributed by atoms with Crippen LogP contribution in [0.5, 0.6) is 0 Å². The molecule has 0 spiro atoms. The zero-order valence-electron chi connectivity index (χ0n) is 13.4. The zero-order chi connectivity index (χ0) is 20.2. The Labute approximate surface area is 151 Å². The second-order valence-corrected chi connectivity index (χ2v) is 6.96. The van der Waals surface area contributed by atoms with Gasteiger partial charge in [-0.2, -0.15) is 4.39 Å². The molecule has 0 aromatic heterocycles. The standard InChI is InChI=1S/C15H12F3N3O5S/c16-11-4-2-10(8-13(11)18)27(25,26)19-6-5-15(22)20-9-1-3-12(17)14(7-9)21(23)24/h1-4,7-8,19H,5-6H2,(H,20,22). The smallest absolute Gasteiger partial charge is 0.306 e. The highest BCUT2D eigenvalue weighted by molar-refractivity contribution is 7.89. The van der Waals surface area contributed by atoms with Gasteiger partial charge in [0.05, 0.1) is 9.82 Å². The molecule has 0 bridgehead atoms. The summed E-state index contributed by atoms with van der Waals surface area (Å²) in [6.45, 7) is -0.379. The monoisotopic (exact) mass is 403 g/mol. The van der Waals surface area contributed by atoms with Crippen molar-refractivity contribution in [3.05, 3.63) is 64.0 Å². The summed E-state index contributed by atoms with van der Waals surface area (Å²) in [5.41, 5.74) is -0.872. The van der Waals surface area contributed by atoms with Gasteiger partial charge in [-0.3, -0.25) is 14.9 Å². The lowest BCUT2D eigenvalue weighted by Gasteiger charge is -2.08. The van der Waals surface area contributed by atoms with Crippen LogP contribution in [-0.4, -0.2) is 25.8 Å². The van der Waals surface area contributed by atoms with Crippen molar-refractivity contribution in [2.75, 3.05) is 11.9 Å². The first-order valence-corrected chi connectivity index (χ1v) is 8.77. The average Bonchev–Trinajstić information content (AvgIpc) is 2.58. The molecule has 27 heavy (non-hydrogen) atoms. The topological polar surface area (TPSA) is 118 Å². The first kappa shape index (κ1) is 20.3. The molecule has 2 aromatic carbocycles. The highest BCUT2D eigenvalue weighted by atomic mass is 32.2. The van der Waals surface area contributed by atoms with E-state index in [1.165, 1.54) is 0 Å². The summed E-state index contributed by atoms with van der Waals surface area (Å²) in [6.07, 6.45) is -0.367. The summed E-state index contributed by atoms with van der Waals surface area (Å²) in [5, 5.41) is 12.9. The summed E-state index contributed by atoms with van der Waals surface area (Å²) in [7, 11) is -4.17. The minimum Gasteiger partial charge on any atom is -0.326 e. The Morgan fingerprint density at radius 2 is 1.70 bits per heavy atom. The van der Waals surface area contributed by atoms with Crippen molar-refractivity contribution in [1.29, 1.82) is 0 Å². The third kappa shape index (κ3) is 5.24. The number of amides is 1. The maximum Gasteiger partial charge on any atom is 0.306 e. The van der Waals surface area contributed by atoms with Crippen molar-refractivity contribution < 1.29 is 31.3 Å². The minimum absolute atomic E-state index is 0.0448. The van der Waals surface area contributed by atoms with Crippen molar-refractivity contribution in [1.82, 2.24) is 4.72 Å². The van der Waals surface area contributed by atoms with Crippen LogP contribution < -0.4 is 10.0 Å². The Hall–Kier alpha value is -2.99. The van der Waals surface area contributed by atoms with E-state index in [1.807, 2.05) is 4.72 Å². The van der Waals surface area contributed by atoms with Gasteiger partial charge in [0.2, 0.25) is 21.7 Å². The number of hydrogen-bond acceptors (Lipinski definition) is 5. The molecule has 8 nitrogen and oxygen atoms in total. The number of nitro groups is 1. The van der Waals surface area contributed by atoms with Crippen molar-refractivity contribution in [3.8, 4) is 0 Å².